The highest BCUT2D eigenvalue weighted by atomic mass is 32.1. The zero-order valence-electron chi connectivity index (χ0n) is 8.66. The first-order chi connectivity index (χ1) is 6.77. The Kier molecular flexibility index (Phi) is 4.64. The molecule has 0 radical (unpaired) electrons. The molecule has 0 fully saturated rings. The highest BCUT2D eigenvalue weighted by Crippen LogP contribution is 2.21. The van der Waals surface area contributed by atoms with Crippen molar-refractivity contribution in [2.45, 2.75) is 26.3 Å². The summed E-state index contributed by atoms with van der Waals surface area (Å²) in [7, 11) is 0. The second kappa shape index (κ2) is 5.79. The lowest BCUT2D eigenvalue weighted by Crippen LogP contribution is -2.24. The molecule has 2 atom stereocenters. The molecule has 0 spiro atoms. The van der Waals surface area contributed by atoms with Crippen molar-refractivity contribution in [2.24, 2.45) is 5.92 Å². The van der Waals surface area contributed by atoms with Crippen molar-refractivity contribution in [3.63, 3.8) is 0 Å². The summed E-state index contributed by atoms with van der Waals surface area (Å²) in [6.07, 6.45) is 1.07. The van der Waals surface area contributed by atoms with Crippen LogP contribution in [0.25, 0.3) is 0 Å². The van der Waals surface area contributed by atoms with E-state index in [1.165, 1.54) is 4.88 Å². The van der Waals surface area contributed by atoms with Crippen LogP contribution in [0.1, 0.15) is 31.2 Å². The van der Waals surface area contributed by atoms with Gasteiger partial charge in [-0.2, -0.15) is 5.26 Å². The number of nitrogens with zero attached hydrogens (tertiary/aromatic N) is 1. The normalized spacial score (nSPS) is 14.6. The van der Waals surface area contributed by atoms with Gasteiger partial charge in [-0.05, 0) is 24.8 Å². The van der Waals surface area contributed by atoms with Gasteiger partial charge in [0.05, 0.1) is 12.0 Å². The van der Waals surface area contributed by atoms with Gasteiger partial charge in [-0.1, -0.05) is 13.0 Å². The van der Waals surface area contributed by atoms with Crippen molar-refractivity contribution in [3.05, 3.63) is 22.4 Å². The fourth-order valence-corrected chi connectivity index (χ4v) is 2.19. The van der Waals surface area contributed by atoms with Gasteiger partial charge in [-0.3, -0.25) is 0 Å². The van der Waals surface area contributed by atoms with Gasteiger partial charge in [0.25, 0.3) is 0 Å². The summed E-state index contributed by atoms with van der Waals surface area (Å²) in [6, 6.07) is 6.85. The highest BCUT2D eigenvalue weighted by Gasteiger charge is 2.10. The molecule has 0 aliphatic heterocycles. The van der Waals surface area contributed by atoms with Crippen LogP contribution in [-0.4, -0.2) is 6.54 Å². The van der Waals surface area contributed by atoms with E-state index in [0.717, 1.165) is 13.0 Å². The first kappa shape index (κ1) is 11.2. The van der Waals surface area contributed by atoms with Crippen molar-refractivity contribution >= 4 is 11.3 Å². The predicted octanol–water partition coefficient (Wildman–Crippen LogP) is 2.95. The number of hydrogen-bond donors (Lipinski definition) is 1. The van der Waals surface area contributed by atoms with E-state index in [2.05, 4.69) is 35.8 Å². The lowest BCUT2D eigenvalue weighted by atomic mass is 10.1. The molecular formula is C11H16N2S. The topological polar surface area (TPSA) is 35.8 Å². The van der Waals surface area contributed by atoms with Crippen molar-refractivity contribution < 1.29 is 0 Å². The third kappa shape index (κ3) is 3.13. The molecule has 3 heteroatoms. The molecule has 1 aromatic rings. The van der Waals surface area contributed by atoms with E-state index in [1.807, 2.05) is 6.92 Å². The Bertz CT molecular complexity index is 287. The maximum Gasteiger partial charge on any atom is 0.0666 e. The Balaban J connectivity index is 2.45. The first-order valence-electron chi connectivity index (χ1n) is 4.94. The lowest BCUT2D eigenvalue weighted by Gasteiger charge is -2.15. The van der Waals surface area contributed by atoms with Gasteiger partial charge in [0.15, 0.2) is 0 Å². The predicted molar refractivity (Wildman–Crippen MR) is 60.1 cm³/mol. The van der Waals surface area contributed by atoms with Crippen LogP contribution in [0.2, 0.25) is 0 Å². The molecule has 0 amide bonds. The molecule has 1 heterocycles. The van der Waals surface area contributed by atoms with E-state index in [9.17, 15) is 0 Å². The second-order valence-electron chi connectivity index (χ2n) is 3.41. The molecule has 76 valence electrons. The fourth-order valence-electron chi connectivity index (χ4n) is 1.30. The maximum absolute atomic E-state index is 8.66. The van der Waals surface area contributed by atoms with Crippen LogP contribution >= 0.6 is 11.3 Å². The molecule has 1 N–H and O–H groups in total. The van der Waals surface area contributed by atoms with Gasteiger partial charge in [-0.25, -0.2) is 0 Å². The second-order valence-corrected chi connectivity index (χ2v) is 4.39. The Morgan fingerprint density at radius 3 is 2.93 bits per heavy atom. The van der Waals surface area contributed by atoms with Crippen molar-refractivity contribution in [3.8, 4) is 6.07 Å². The zero-order chi connectivity index (χ0) is 10.4. The van der Waals surface area contributed by atoms with E-state index in [1.54, 1.807) is 11.3 Å². The van der Waals surface area contributed by atoms with E-state index in [0.29, 0.717) is 6.04 Å². The van der Waals surface area contributed by atoms with Gasteiger partial charge < -0.3 is 5.32 Å². The summed E-state index contributed by atoms with van der Waals surface area (Å²) in [5.41, 5.74) is 0. The number of thiophene rings is 1. The van der Waals surface area contributed by atoms with E-state index >= 15 is 0 Å². The molecule has 0 saturated carbocycles. The third-order valence-corrected chi connectivity index (χ3v) is 3.17. The summed E-state index contributed by atoms with van der Waals surface area (Å²) in [4.78, 5) is 1.36. The van der Waals surface area contributed by atoms with Crippen molar-refractivity contribution in [1.29, 1.82) is 5.26 Å². The Hall–Kier alpha value is -0.850. The third-order valence-electron chi connectivity index (χ3n) is 2.19. The average Bonchev–Trinajstić information content (AvgIpc) is 2.72. The molecule has 0 aliphatic carbocycles. The van der Waals surface area contributed by atoms with Crippen LogP contribution in [0.15, 0.2) is 17.5 Å². The van der Waals surface area contributed by atoms with Crippen LogP contribution < -0.4 is 5.32 Å². The summed E-state index contributed by atoms with van der Waals surface area (Å²) in [5.74, 6) is 0.0870. The Morgan fingerprint density at radius 1 is 1.64 bits per heavy atom. The van der Waals surface area contributed by atoms with Crippen LogP contribution in [0.4, 0.5) is 0 Å². The first-order valence-corrected chi connectivity index (χ1v) is 5.82. The molecule has 0 aliphatic rings. The van der Waals surface area contributed by atoms with Crippen LogP contribution in [0.3, 0.4) is 0 Å². The molecule has 1 rings (SSSR count). The van der Waals surface area contributed by atoms with E-state index in [-0.39, 0.29) is 5.92 Å². The average molecular weight is 208 g/mol. The van der Waals surface area contributed by atoms with Crippen molar-refractivity contribution in [1.82, 2.24) is 5.32 Å². The molecule has 2 unspecified atom stereocenters. The smallest absolute Gasteiger partial charge is 0.0666 e. The molecule has 0 aromatic carbocycles. The number of rotatable bonds is 5. The SMILES string of the molecule is CCC(NCC(C)C#N)c1cccs1. The van der Waals surface area contributed by atoms with Gasteiger partial charge in [0, 0.05) is 17.5 Å². The van der Waals surface area contributed by atoms with E-state index in [4.69, 9.17) is 5.26 Å². The molecule has 2 nitrogen and oxygen atoms in total. The van der Waals surface area contributed by atoms with Crippen LogP contribution in [0, 0.1) is 17.2 Å². The van der Waals surface area contributed by atoms with Gasteiger partial charge >= 0.3 is 0 Å². The fraction of sp³-hybridized carbons (Fsp3) is 0.545. The Labute approximate surface area is 89.6 Å². The zero-order valence-corrected chi connectivity index (χ0v) is 9.47. The van der Waals surface area contributed by atoms with Crippen molar-refractivity contribution in [2.75, 3.05) is 6.54 Å². The van der Waals surface area contributed by atoms with Gasteiger partial charge in [0.2, 0.25) is 0 Å². The number of hydrogen-bond acceptors (Lipinski definition) is 3. The minimum absolute atomic E-state index is 0.0870. The molecule has 0 saturated heterocycles. The van der Waals surface area contributed by atoms with Crippen LogP contribution in [-0.2, 0) is 0 Å². The highest BCUT2D eigenvalue weighted by molar-refractivity contribution is 7.10. The minimum Gasteiger partial charge on any atom is -0.308 e. The number of nitriles is 1. The lowest BCUT2D eigenvalue weighted by molar-refractivity contribution is 0.494. The number of nitrogens with one attached hydrogen (secondary N) is 1. The summed E-state index contributed by atoms with van der Waals surface area (Å²) < 4.78 is 0. The summed E-state index contributed by atoms with van der Waals surface area (Å²) in [5, 5.41) is 14.2. The quantitative estimate of drug-likeness (QED) is 0.807. The summed E-state index contributed by atoms with van der Waals surface area (Å²) >= 11 is 1.77. The maximum atomic E-state index is 8.66. The molecule has 0 bridgehead atoms. The van der Waals surface area contributed by atoms with Gasteiger partial charge in [0.1, 0.15) is 0 Å². The molecule has 1 aromatic heterocycles. The minimum atomic E-state index is 0.0870. The van der Waals surface area contributed by atoms with Gasteiger partial charge in [-0.15, -0.1) is 11.3 Å². The largest absolute Gasteiger partial charge is 0.308 e. The molecule has 14 heavy (non-hydrogen) atoms. The monoisotopic (exact) mass is 208 g/mol. The Morgan fingerprint density at radius 2 is 2.43 bits per heavy atom. The standard InChI is InChI=1S/C11H16N2S/c1-3-10(11-5-4-6-14-11)13-8-9(2)7-12/h4-6,9-10,13H,3,8H2,1-2H3. The van der Waals surface area contributed by atoms with Crippen LogP contribution in [0.5, 0.6) is 0 Å². The summed E-state index contributed by atoms with van der Waals surface area (Å²) in [6.45, 7) is 4.87. The van der Waals surface area contributed by atoms with E-state index < -0.39 is 0 Å². The molecular weight excluding hydrogens is 192 g/mol.